The van der Waals surface area contributed by atoms with Gasteiger partial charge in [0.25, 0.3) is 0 Å². The van der Waals surface area contributed by atoms with Gasteiger partial charge in [0.05, 0.1) is 11.2 Å². The van der Waals surface area contributed by atoms with Crippen molar-refractivity contribution in [2.45, 2.75) is 13.8 Å². The number of carbonyl (C=O) groups excluding carboxylic acids is 1. The van der Waals surface area contributed by atoms with Crippen LogP contribution in [0, 0.1) is 5.92 Å². The molecule has 0 bridgehead atoms. The summed E-state index contributed by atoms with van der Waals surface area (Å²) in [5.74, 6) is -0.0153. The van der Waals surface area contributed by atoms with Crippen molar-refractivity contribution < 1.29 is 4.79 Å². The van der Waals surface area contributed by atoms with E-state index in [0.717, 1.165) is 28.0 Å². The summed E-state index contributed by atoms with van der Waals surface area (Å²) < 4.78 is 0. The Hall–Kier alpha value is -2.88. The highest BCUT2D eigenvalue weighted by atomic mass is 16.1. The number of fused-ring (bicyclic) bond motifs is 1. The maximum Gasteiger partial charge on any atom is 0.226 e. The minimum atomic E-state index is -0.0328. The molecule has 0 aliphatic rings. The number of nitrogens with one attached hydrogen (secondary N) is 2. The lowest BCUT2D eigenvalue weighted by Crippen LogP contribution is -2.17. The van der Waals surface area contributed by atoms with E-state index in [0.29, 0.717) is 0 Å². The standard InChI is InChI=1S/C19H19N3O/c1-13(2)19(23)22-16-10-8-15(9-11-16)21-17-7-3-5-14-6-4-12-20-18(14)17/h3-13,21H,1-2H3,(H,22,23). The molecule has 2 N–H and O–H groups in total. The number of anilines is 3. The van der Waals surface area contributed by atoms with Gasteiger partial charge in [0.15, 0.2) is 0 Å². The average molecular weight is 305 g/mol. The van der Waals surface area contributed by atoms with Gasteiger partial charge >= 0.3 is 0 Å². The fraction of sp³-hybridized carbons (Fsp3) is 0.158. The van der Waals surface area contributed by atoms with Crippen molar-refractivity contribution in [2.75, 3.05) is 10.6 Å². The monoisotopic (exact) mass is 305 g/mol. The van der Waals surface area contributed by atoms with Gasteiger partial charge in [-0.1, -0.05) is 32.0 Å². The second kappa shape index (κ2) is 6.48. The average Bonchev–Trinajstić information content (AvgIpc) is 2.57. The molecule has 3 rings (SSSR count). The predicted octanol–water partition coefficient (Wildman–Crippen LogP) is 4.57. The highest BCUT2D eigenvalue weighted by molar-refractivity contribution is 5.93. The highest BCUT2D eigenvalue weighted by Gasteiger charge is 2.07. The Bertz CT molecular complexity index is 820. The number of rotatable bonds is 4. The molecule has 0 atom stereocenters. The third-order valence-corrected chi connectivity index (χ3v) is 3.59. The number of hydrogen-bond donors (Lipinski definition) is 2. The molecule has 0 spiro atoms. The zero-order valence-electron chi connectivity index (χ0n) is 13.2. The molecule has 4 heteroatoms. The van der Waals surface area contributed by atoms with Gasteiger partial charge < -0.3 is 10.6 Å². The van der Waals surface area contributed by atoms with Gasteiger partial charge in [-0.15, -0.1) is 0 Å². The molecule has 0 aliphatic heterocycles. The summed E-state index contributed by atoms with van der Waals surface area (Å²) in [6.07, 6.45) is 1.79. The van der Waals surface area contributed by atoms with Gasteiger partial charge in [-0.05, 0) is 36.4 Å². The number of benzene rings is 2. The molecular formula is C19H19N3O. The first kappa shape index (κ1) is 15.0. The zero-order valence-corrected chi connectivity index (χ0v) is 13.2. The molecule has 0 saturated heterocycles. The molecule has 0 unspecified atom stereocenters. The number of amides is 1. The topological polar surface area (TPSA) is 54.0 Å². The van der Waals surface area contributed by atoms with Crippen molar-refractivity contribution in [3.8, 4) is 0 Å². The molecule has 116 valence electrons. The van der Waals surface area contributed by atoms with Gasteiger partial charge in [0, 0.05) is 28.9 Å². The predicted molar refractivity (Wildman–Crippen MR) is 94.9 cm³/mol. The van der Waals surface area contributed by atoms with Crippen molar-refractivity contribution in [3.63, 3.8) is 0 Å². The number of pyridine rings is 1. The molecule has 0 fully saturated rings. The third-order valence-electron chi connectivity index (χ3n) is 3.59. The number of aromatic nitrogens is 1. The second-order valence-corrected chi connectivity index (χ2v) is 5.73. The van der Waals surface area contributed by atoms with Crippen LogP contribution in [0.4, 0.5) is 17.1 Å². The van der Waals surface area contributed by atoms with Crippen LogP contribution in [0.3, 0.4) is 0 Å². The summed E-state index contributed by atoms with van der Waals surface area (Å²) in [5.41, 5.74) is 3.64. The summed E-state index contributed by atoms with van der Waals surface area (Å²) >= 11 is 0. The maximum atomic E-state index is 11.7. The van der Waals surface area contributed by atoms with E-state index < -0.39 is 0 Å². The molecule has 0 radical (unpaired) electrons. The van der Waals surface area contributed by atoms with E-state index in [1.54, 1.807) is 6.20 Å². The van der Waals surface area contributed by atoms with Crippen LogP contribution >= 0.6 is 0 Å². The van der Waals surface area contributed by atoms with Gasteiger partial charge in [-0.25, -0.2) is 0 Å². The van der Waals surface area contributed by atoms with Crippen molar-refractivity contribution in [3.05, 3.63) is 60.8 Å². The van der Waals surface area contributed by atoms with E-state index in [4.69, 9.17) is 0 Å². The Morgan fingerprint density at radius 3 is 2.39 bits per heavy atom. The fourth-order valence-corrected chi connectivity index (χ4v) is 2.28. The molecule has 0 saturated carbocycles. The van der Waals surface area contributed by atoms with Gasteiger partial charge in [0.2, 0.25) is 5.91 Å². The quantitative estimate of drug-likeness (QED) is 0.742. The second-order valence-electron chi connectivity index (χ2n) is 5.73. The van der Waals surface area contributed by atoms with Crippen LogP contribution in [0.15, 0.2) is 60.8 Å². The summed E-state index contributed by atoms with van der Waals surface area (Å²) in [4.78, 5) is 16.1. The van der Waals surface area contributed by atoms with Crippen molar-refractivity contribution >= 4 is 33.9 Å². The summed E-state index contributed by atoms with van der Waals surface area (Å²) in [6, 6.07) is 17.7. The SMILES string of the molecule is CC(C)C(=O)Nc1ccc(Nc2cccc3cccnc23)cc1. The Kier molecular flexibility index (Phi) is 4.24. The van der Waals surface area contributed by atoms with E-state index >= 15 is 0 Å². The van der Waals surface area contributed by atoms with Crippen LogP contribution in [-0.4, -0.2) is 10.9 Å². The molecule has 2 aromatic carbocycles. The van der Waals surface area contributed by atoms with Crippen LogP contribution in [0.25, 0.3) is 10.9 Å². The van der Waals surface area contributed by atoms with Crippen molar-refractivity contribution in [1.29, 1.82) is 0 Å². The molecule has 23 heavy (non-hydrogen) atoms. The first-order valence-corrected chi connectivity index (χ1v) is 7.65. The van der Waals surface area contributed by atoms with E-state index in [-0.39, 0.29) is 11.8 Å². The Balaban J connectivity index is 1.79. The first-order chi connectivity index (χ1) is 11.1. The van der Waals surface area contributed by atoms with E-state index in [1.165, 1.54) is 0 Å². The van der Waals surface area contributed by atoms with Gasteiger partial charge in [0.1, 0.15) is 0 Å². The van der Waals surface area contributed by atoms with Crippen molar-refractivity contribution in [2.24, 2.45) is 5.92 Å². The lowest BCUT2D eigenvalue weighted by atomic mass is 10.1. The van der Waals surface area contributed by atoms with E-state index in [1.807, 2.05) is 68.4 Å². The summed E-state index contributed by atoms with van der Waals surface area (Å²) in [7, 11) is 0. The smallest absolute Gasteiger partial charge is 0.226 e. The Labute approximate surface area is 135 Å². The van der Waals surface area contributed by atoms with E-state index in [9.17, 15) is 4.79 Å². The van der Waals surface area contributed by atoms with Crippen LogP contribution < -0.4 is 10.6 Å². The molecule has 1 aromatic heterocycles. The lowest BCUT2D eigenvalue weighted by molar-refractivity contribution is -0.118. The Morgan fingerprint density at radius 1 is 0.957 bits per heavy atom. The normalized spacial score (nSPS) is 10.7. The maximum absolute atomic E-state index is 11.7. The number of hydrogen-bond acceptors (Lipinski definition) is 3. The largest absolute Gasteiger partial charge is 0.354 e. The first-order valence-electron chi connectivity index (χ1n) is 7.65. The molecule has 4 nitrogen and oxygen atoms in total. The number of nitrogens with zero attached hydrogens (tertiary/aromatic N) is 1. The van der Waals surface area contributed by atoms with Gasteiger partial charge in [-0.3, -0.25) is 9.78 Å². The molecule has 3 aromatic rings. The fourth-order valence-electron chi connectivity index (χ4n) is 2.28. The van der Waals surface area contributed by atoms with Crippen LogP contribution in [0.1, 0.15) is 13.8 Å². The number of para-hydroxylation sites is 1. The van der Waals surface area contributed by atoms with Gasteiger partial charge in [-0.2, -0.15) is 0 Å². The van der Waals surface area contributed by atoms with Crippen molar-refractivity contribution in [1.82, 2.24) is 4.98 Å². The van der Waals surface area contributed by atoms with Crippen LogP contribution in [-0.2, 0) is 4.79 Å². The lowest BCUT2D eigenvalue weighted by Gasteiger charge is -2.11. The summed E-state index contributed by atoms with van der Waals surface area (Å²) in [6.45, 7) is 3.75. The van der Waals surface area contributed by atoms with Crippen LogP contribution in [0.5, 0.6) is 0 Å². The third kappa shape index (κ3) is 3.48. The molecule has 1 amide bonds. The zero-order chi connectivity index (χ0) is 16.2. The minimum Gasteiger partial charge on any atom is -0.354 e. The molecular weight excluding hydrogens is 286 g/mol. The molecule has 1 heterocycles. The van der Waals surface area contributed by atoms with Crippen LogP contribution in [0.2, 0.25) is 0 Å². The highest BCUT2D eigenvalue weighted by Crippen LogP contribution is 2.25. The number of carbonyl (C=O) groups is 1. The minimum absolute atomic E-state index is 0.0176. The molecule has 0 aliphatic carbocycles. The summed E-state index contributed by atoms with van der Waals surface area (Å²) in [5, 5.41) is 7.35. The van der Waals surface area contributed by atoms with E-state index in [2.05, 4.69) is 15.6 Å². The Morgan fingerprint density at radius 2 is 1.65 bits per heavy atom.